The van der Waals surface area contributed by atoms with Gasteiger partial charge in [0.1, 0.15) is 5.82 Å². The van der Waals surface area contributed by atoms with Gasteiger partial charge >= 0.3 is 0 Å². The third-order valence-electron chi connectivity index (χ3n) is 5.10. The minimum Gasteiger partial charge on any atom is -0.357 e. The van der Waals surface area contributed by atoms with E-state index in [-0.39, 0.29) is 5.82 Å². The van der Waals surface area contributed by atoms with Gasteiger partial charge in [-0.05, 0) is 43.5 Å². The summed E-state index contributed by atoms with van der Waals surface area (Å²) < 4.78 is 13.7. The van der Waals surface area contributed by atoms with Crippen LogP contribution < -0.4 is 10.6 Å². The molecular formula is C21H36FN5. The molecule has 0 bridgehead atoms. The molecule has 0 saturated carbocycles. The van der Waals surface area contributed by atoms with Crippen LogP contribution in [0.5, 0.6) is 0 Å². The van der Waals surface area contributed by atoms with Crippen LogP contribution in [0.1, 0.15) is 31.9 Å². The van der Waals surface area contributed by atoms with Crippen LogP contribution in [0.3, 0.4) is 0 Å². The van der Waals surface area contributed by atoms with Crippen molar-refractivity contribution in [1.82, 2.24) is 20.4 Å². The standard InChI is InChI=1S/C21H36FN5/c1-5-23-21(25-15-19-8-7-18(4)20(22)13-19)24-14-17(3)16-27-11-9-26(6-2)10-12-27/h7-8,13,17H,5-6,9-12,14-16H2,1-4H3,(H2,23,24,25). The maximum Gasteiger partial charge on any atom is 0.191 e. The second-order valence-electron chi connectivity index (χ2n) is 7.50. The number of guanidine groups is 1. The molecule has 1 heterocycles. The van der Waals surface area contributed by atoms with Crippen LogP contribution in [0.25, 0.3) is 0 Å². The number of aryl methyl sites for hydroxylation is 1. The third kappa shape index (κ3) is 7.46. The van der Waals surface area contributed by atoms with Crippen molar-refractivity contribution in [3.63, 3.8) is 0 Å². The summed E-state index contributed by atoms with van der Waals surface area (Å²) in [5.41, 5.74) is 1.55. The predicted molar refractivity (Wildman–Crippen MR) is 112 cm³/mol. The van der Waals surface area contributed by atoms with Crippen LogP contribution in [0.15, 0.2) is 23.2 Å². The molecule has 1 fully saturated rings. The lowest BCUT2D eigenvalue weighted by Crippen LogP contribution is -2.48. The predicted octanol–water partition coefficient (Wildman–Crippen LogP) is 2.46. The van der Waals surface area contributed by atoms with Crippen LogP contribution in [-0.2, 0) is 6.54 Å². The van der Waals surface area contributed by atoms with E-state index in [0.29, 0.717) is 18.0 Å². The summed E-state index contributed by atoms with van der Waals surface area (Å²) in [6.07, 6.45) is 0. The monoisotopic (exact) mass is 377 g/mol. The number of nitrogens with one attached hydrogen (secondary N) is 2. The molecule has 2 N–H and O–H groups in total. The molecule has 0 spiro atoms. The van der Waals surface area contributed by atoms with Crippen molar-refractivity contribution in [3.8, 4) is 0 Å². The number of halogens is 1. The van der Waals surface area contributed by atoms with E-state index >= 15 is 0 Å². The Kier molecular flexibility index (Phi) is 9.01. The molecule has 27 heavy (non-hydrogen) atoms. The van der Waals surface area contributed by atoms with E-state index in [1.807, 2.05) is 6.07 Å². The Morgan fingerprint density at radius 2 is 1.85 bits per heavy atom. The molecule has 0 aliphatic carbocycles. The Labute approximate surface area is 164 Å². The molecule has 1 unspecified atom stereocenters. The molecule has 1 aromatic rings. The number of hydrogen-bond donors (Lipinski definition) is 2. The van der Waals surface area contributed by atoms with Gasteiger partial charge in [0.15, 0.2) is 5.96 Å². The van der Waals surface area contributed by atoms with Gasteiger partial charge in [-0.15, -0.1) is 0 Å². The molecule has 2 rings (SSSR count). The molecule has 0 amide bonds. The molecule has 1 saturated heterocycles. The molecule has 5 nitrogen and oxygen atoms in total. The number of nitrogens with zero attached hydrogens (tertiary/aromatic N) is 3. The maximum absolute atomic E-state index is 13.7. The second-order valence-corrected chi connectivity index (χ2v) is 7.50. The molecule has 1 aromatic carbocycles. The summed E-state index contributed by atoms with van der Waals surface area (Å²) in [7, 11) is 0. The first-order chi connectivity index (χ1) is 13.0. The van der Waals surface area contributed by atoms with E-state index < -0.39 is 0 Å². The molecule has 0 radical (unpaired) electrons. The summed E-state index contributed by atoms with van der Waals surface area (Å²) in [5.74, 6) is 1.16. The van der Waals surface area contributed by atoms with Gasteiger partial charge in [0.2, 0.25) is 0 Å². The summed E-state index contributed by atoms with van der Waals surface area (Å²) in [6, 6.07) is 5.31. The fraction of sp³-hybridized carbons (Fsp3) is 0.667. The minimum absolute atomic E-state index is 0.169. The Morgan fingerprint density at radius 1 is 1.15 bits per heavy atom. The summed E-state index contributed by atoms with van der Waals surface area (Å²) >= 11 is 0. The van der Waals surface area contributed by atoms with Gasteiger partial charge in [0.25, 0.3) is 0 Å². The Morgan fingerprint density at radius 3 is 2.48 bits per heavy atom. The van der Waals surface area contributed by atoms with Crippen molar-refractivity contribution in [2.24, 2.45) is 10.9 Å². The third-order valence-corrected chi connectivity index (χ3v) is 5.10. The lowest BCUT2D eigenvalue weighted by atomic mass is 10.1. The van der Waals surface area contributed by atoms with Crippen LogP contribution in [0, 0.1) is 18.7 Å². The quantitative estimate of drug-likeness (QED) is 0.540. The Bertz CT molecular complexity index is 596. The zero-order chi connectivity index (χ0) is 19.6. The Balaban J connectivity index is 1.79. The zero-order valence-electron chi connectivity index (χ0n) is 17.4. The number of hydrogen-bond acceptors (Lipinski definition) is 3. The van der Waals surface area contributed by atoms with Crippen molar-refractivity contribution in [3.05, 3.63) is 35.1 Å². The highest BCUT2D eigenvalue weighted by Gasteiger charge is 2.17. The fourth-order valence-electron chi connectivity index (χ4n) is 3.31. The molecule has 1 aliphatic rings. The number of benzene rings is 1. The molecule has 0 aromatic heterocycles. The van der Waals surface area contributed by atoms with E-state index in [1.54, 1.807) is 19.1 Å². The lowest BCUT2D eigenvalue weighted by molar-refractivity contribution is 0.124. The van der Waals surface area contributed by atoms with Crippen molar-refractivity contribution in [2.75, 3.05) is 52.4 Å². The Hall–Kier alpha value is -1.66. The van der Waals surface area contributed by atoms with Crippen LogP contribution in [-0.4, -0.2) is 68.1 Å². The summed E-state index contributed by atoms with van der Waals surface area (Å²) in [6.45, 7) is 17.4. The van der Waals surface area contributed by atoms with E-state index in [2.05, 4.69) is 46.2 Å². The molecule has 152 valence electrons. The van der Waals surface area contributed by atoms with E-state index in [9.17, 15) is 4.39 Å². The summed E-state index contributed by atoms with van der Waals surface area (Å²) in [5, 5.41) is 6.71. The summed E-state index contributed by atoms with van der Waals surface area (Å²) in [4.78, 5) is 9.66. The fourth-order valence-corrected chi connectivity index (χ4v) is 3.31. The van der Waals surface area contributed by atoms with E-state index in [0.717, 1.165) is 50.8 Å². The molecular weight excluding hydrogens is 341 g/mol. The first-order valence-corrected chi connectivity index (χ1v) is 10.2. The number of aliphatic imine (C=N–C) groups is 1. The van der Waals surface area contributed by atoms with Gasteiger partial charge in [0.05, 0.1) is 6.54 Å². The first-order valence-electron chi connectivity index (χ1n) is 10.2. The van der Waals surface area contributed by atoms with Gasteiger partial charge in [-0.25, -0.2) is 9.38 Å². The van der Waals surface area contributed by atoms with E-state index in [4.69, 9.17) is 0 Å². The van der Waals surface area contributed by atoms with Gasteiger partial charge in [-0.2, -0.15) is 0 Å². The average molecular weight is 378 g/mol. The lowest BCUT2D eigenvalue weighted by Gasteiger charge is -2.35. The SMILES string of the molecule is CCNC(=NCc1ccc(C)c(F)c1)NCC(C)CN1CCN(CC)CC1. The zero-order valence-corrected chi connectivity index (χ0v) is 17.4. The number of rotatable bonds is 8. The first kappa shape index (κ1) is 21.6. The van der Waals surface area contributed by atoms with E-state index in [1.165, 1.54) is 13.1 Å². The van der Waals surface area contributed by atoms with Gasteiger partial charge in [0, 0.05) is 45.8 Å². The van der Waals surface area contributed by atoms with Crippen molar-refractivity contribution < 1.29 is 4.39 Å². The van der Waals surface area contributed by atoms with Crippen molar-refractivity contribution >= 4 is 5.96 Å². The average Bonchev–Trinajstić information content (AvgIpc) is 2.67. The van der Waals surface area contributed by atoms with Crippen LogP contribution in [0.4, 0.5) is 4.39 Å². The highest BCUT2D eigenvalue weighted by molar-refractivity contribution is 5.79. The number of likely N-dealkylation sites (N-methyl/N-ethyl adjacent to an activating group) is 1. The topological polar surface area (TPSA) is 42.9 Å². The highest BCUT2D eigenvalue weighted by atomic mass is 19.1. The van der Waals surface area contributed by atoms with Crippen molar-refractivity contribution in [2.45, 2.75) is 34.2 Å². The van der Waals surface area contributed by atoms with Crippen molar-refractivity contribution in [1.29, 1.82) is 0 Å². The minimum atomic E-state index is -0.169. The molecule has 1 aliphatic heterocycles. The molecule has 6 heteroatoms. The van der Waals surface area contributed by atoms with Gasteiger partial charge in [-0.1, -0.05) is 26.0 Å². The smallest absolute Gasteiger partial charge is 0.191 e. The largest absolute Gasteiger partial charge is 0.357 e. The molecule has 1 atom stereocenters. The maximum atomic E-state index is 13.7. The van der Waals surface area contributed by atoms with Crippen LogP contribution >= 0.6 is 0 Å². The van der Waals surface area contributed by atoms with Gasteiger partial charge < -0.3 is 20.4 Å². The second kappa shape index (κ2) is 11.2. The van der Waals surface area contributed by atoms with Crippen LogP contribution in [0.2, 0.25) is 0 Å². The highest BCUT2D eigenvalue weighted by Crippen LogP contribution is 2.10. The van der Waals surface area contributed by atoms with Gasteiger partial charge in [-0.3, -0.25) is 0 Å². The number of piperazine rings is 1. The normalized spacial score (nSPS) is 17.7.